The molecule has 0 fully saturated rings. The van der Waals surface area contributed by atoms with E-state index in [9.17, 15) is 0 Å². The monoisotopic (exact) mass is 207 g/mol. The third-order valence-electron chi connectivity index (χ3n) is 1.75. The highest BCUT2D eigenvalue weighted by atomic mass is 32.1. The van der Waals surface area contributed by atoms with Gasteiger partial charge in [0.05, 0.1) is 22.6 Å². The molecule has 0 aliphatic rings. The molecule has 0 amide bonds. The molecule has 0 saturated heterocycles. The summed E-state index contributed by atoms with van der Waals surface area (Å²) in [6, 6.07) is 9.98. The topological polar surface area (TPSA) is 26.0 Å². The molecule has 0 aliphatic carbocycles. The Bertz CT molecular complexity index is 400. The molecule has 0 spiro atoms. The lowest BCUT2D eigenvalue weighted by molar-refractivity contribution is -0.651. The molecular weight excluding hydrogens is 196 g/mol. The van der Waals surface area contributed by atoms with Crippen LogP contribution in [-0.4, -0.2) is 11.1 Å². The Balaban J connectivity index is 2.25. The summed E-state index contributed by atoms with van der Waals surface area (Å²) in [6.45, 7) is 2.64. The number of aromatic nitrogens is 2. The largest absolute Gasteiger partial charge is 0.479 e. The molecule has 1 heterocycles. The van der Waals surface area contributed by atoms with Crippen molar-refractivity contribution in [3.05, 3.63) is 36.5 Å². The van der Waals surface area contributed by atoms with Crippen molar-refractivity contribution < 1.29 is 9.42 Å². The summed E-state index contributed by atoms with van der Waals surface area (Å²) in [5.41, 5.74) is 1.05. The molecule has 0 N–H and O–H groups in total. The van der Waals surface area contributed by atoms with Gasteiger partial charge >= 0.3 is 0 Å². The van der Waals surface area contributed by atoms with Gasteiger partial charge in [0.25, 0.3) is 11.3 Å². The average Bonchev–Trinajstić information content (AvgIpc) is 2.68. The van der Waals surface area contributed by atoms with Crippen molar-refractivity contribution in [1.29, 1.82) is 0 Å². The fourth-order valence-electron chi connectivity index (χ4n) is 1.14. The second-order valence-corrected chi connectivity index (χ2v) is 3.48. The van der Waals surface area contributed by atoms with Gasteiger partial charge in [-0.2, -0.15) is 0 Å². The highest BCUT2D eigenvalue weighted by Crippen LogP contribution is 2.12. The predicted molar refractivity (Wildman–Crippen MR) is 54.8 cm³/mol. The Morgan fingerprint density at radius 2 is 2.14 bits per heavy atom. The second-order valence-electron chi connectivity index (χ2n) is 2.73. The summed E-state index contributed by atoms with van der Waals surface area (Å²) in [6.07, 6.45) is 1.89. The highest BCUT2D eigenvalue weighted by Gasteiger charge is 2.12. The first-order valence-electron chi connectivity index (χ1n) is 4.47. The molecule has 3 nitrogen and oxygen atoms in total. The van der Waals surface area contributed by atoms with Crippen molar-refractivity contribution in [2.75, 3.05) is 6.61 Å². The van der Waals surface area contributed by atoms with Crippen LogP contribution in [0.4, 0.5) is 0 Å². The molecule has 0 aliphatic heterocycles. The van der Waals surface area contributed by atoms with Crippen molar-refractivity contribution in [2.45, 2.75) is 6.92 Å². The maximum Gasteiger partial charge on any atom is 0.265 e. The van der Waals surface area contributed by atoms with Gasteiger partial charge in [0, 0.05) is 12.1 Å². The van der Waals surface area contributed by atoms with E-state index in [0.717, 1.165) is 10.8 Å². The number of hydrogen-bond donors (Lipinski definition) is 0. The van der Waals surface area contributed by atoms with Gasteiger partial charge in [0.15, 0.2) is 0 Å². The summed E-state index contributed by atoms with van der Waals surface area (Å²) in [5.74, 6) is 0. The predicted octanol–water partition coefficient (Wildman–Crippen LogP) is 1.82. The van der Waals surface area contributed by atoms with Gasteiger partial charge in [-0.25, -0.2) is 0 Å². The smallest absolute Gasteiger partial charge is 0.265 e. The van der Waals surface area contributed by atoms with E-state index in [1.165, 1.54) is 11.5 Å². The Morgan fingerprint density at radius 1 is 1.36 bits per heavy atom. The quantitative estimate of drug-likeness (QED) is 0.717. The number of rotatable bonds is 3. The van der Waals surface area contributed by atoms with Gasteiger partial charge in [0.1, 0.15) is 0 Å². The van der Waals surface area contributed by atoms with E-state index in [-0.39, 0.29) is 0 Å². The minimum Gasteiger partial charge on any atom is -0.479 e. The fraction of sp³-hybridized carbons (Fsp3) is 0.200. The number of nitrogens with zero attached hydrogens (tertiary/aromatic N) is 2. The standard InChI is InChI=1S/C10H11N2OS/c1-2-13-10-8-12(11-14-10)9-6-4-3-5-7-9/h3-8H,2H2,1H3/q+1. The van der Waals surface area contributed by atoms with Crippen LogP contribution in [0.1, 0.15) is 6.92 Å². The lowest BCUT2D eigenvalue weighted by Gasteiger charge is -1.90. The van der Waals surface area contributed by atoms with Gasteiger partial charge < -0.3 is 4.74 Å². The molecule has 0 bridgehead atoms. The van der Waals surface area contributed by atoms with Crippen LogP contribution in [0.3, 0.4) is 0 Å². The van der Waals surface area contributed by atoms with Crippen LogP contribution >= 0.6 is 11.5 Å². The molecule has 0 unspecified atom stereocenters. The van der Waals surface area contributed by atoms with E-state index in [0.29, 0.717) is 6.61 Å². The van der Waals surface area contributed by atoms with E-state index >= 15 is 0 Å². The zero-order chi connectivity index (χ0) is 9.80. The zero-order valence-corrected chi connectivity index (χ0v) is 8.70. The van der Waals surface area contributed by atoms with Crippen LogP contribution in [0.25, 0.3) is 5.69 Å². The Hall–Kier alpha value is -1.42. The van der Waals surface area contributed by atoms with Crippen LogP contribution < -0.4 is 9.42 Å². The summed E-state index contributed by atoms with van der Waals surface area (Å²) in [7, 11) is 0. The van der Waals surface area contributed by atoms with Crippen LogP contribution in [-0.2, 0) is 0 Å². The minimum atomic E-state index is 0.678. The average molecular weight is 207 g/mol. The van der Waals surface area contributed by atoms with Crippen molar-refractivity contribution >= 4 is 11.5 Å². The first kappa shape index (κ1) is 9.15. The highest BCUT2D eigenvalue weighted by molar-refractivity contribution is 7.07. The first-order valence-corrected chi connectivity index (χ1v) is 5.24. The van der Waals surface area contributed by atoms with Gasteiger partial charge in [-0.3, -0.25) is 0 Å². The normalized spacial score (nSPS) is 10.1. The van der Waals surface area contributed by atoms with Crippen LogP contribution in [0.2, 0.25) is 0 Å². The lowest BCUT2D eigenvalue weighted by atomic mass is 10.3. The summed E-state index contributed by atoms with van der Waals surface area (Å²) >= 11 is 1.36. The van der Waals surface area contributed by atoms with Crippen molar-refractivity contribution in [3.63, 3.8) is 0 Å². The summed E-state index contributed by atoms with van der Waals surface area (Å²) in [4.78, 5) is 0. The van der Waals surface area contributed by atoms with Crippen LogP contribution in [0.5, 0.6) is 5.06 Å². The zero-order valence-electron chi connectivity index (χ0n) is 7.88. The maximum absolute atomic E-state index is 5.34. The maximum atomic E-state index is 5.34. The molecule has 72 valence electrons. The van der Waals surface area contributed by atoms with Gasteiger partial charge in [-0.1, -0.05) is 18.2 Å². The van der Waals surface area contributed by atoms with E-state index in [1.807, 2.05) is 48.1 Å². The number of para-hydroxylation sites is 1. The van der Waals surface area contributed by atoms with E-state index in [2.05, 4.69) is 4.49 Å². The Kier molecular flexibility index (Phi) is 2.74. The van der Waals surface area contributed by atoms with E-state index in [1.54, 1.807) is 0 Å². The first-order chi connectivity index (χ1) is 6.90. The van der Waals surface area contributed by atoms with Crippen molar-refractivity contribution in [1.82, 2.24) is 4.49 Å². The third-order valence-corrected chi connectivity index (χ3v) is 2.41. The molecule has 0 atom stereocenters. The Morgan fingerprint density at radius 3 is 2.86 bits per heavy atom. The summed E-state index contributed by atoms with van der Waals surface area (Å²) < 4.78 is 11.4. The number of benzene rings is 1. The van der Waals surface area contributed by atoms with Gasteiger partial charge in [-0.05, 0) is 11.6 Å². The molecule has 4 heteroatoms. The van der Waals surface area contributed by atoms with E-state index in [4.69, 9.17) is 4.74 Å². The molecule has 1 aromatic carbocycles. The van der Waals surface area contributed by atoms with E-state index < -0.39 is 0 Å². The van der Waals surface area contributed by atoms with Crippen molar-refractivity contribution in [2.24, 2.45) is 0 Å². The molecular formula is C10H11N2OS+. The molecule has 0 saturated carbocycles. The van der Waals surface area contributed by atoms with Crippen molar-refractivity contribution in [3.8, 4) is 10.8 Å². The minimum absolute atomic E-state index is 0.678. The number of ether oxygens (including phenoxy) is 1. The Labute approximate surface area is 86.7 Å². The van der Waals surface area contributed by atoms with Crippen LogP contribution in [0.15, 0.2) is 36.5 Å². The summed E-state index contributed by atoms with van der Waals surface area (Å²) in [5, 5.41) is 0.844. The number of hydrogen-bond acceptors (Lipinski definition) is 3. The fourth-order valence-corrected chi connectivity index (χ4v) is 1.77. The lowest BCUT2D eigenvalue weighted by Crippen LogP contribution is -2.30. The SMILES string of the molecule is CCOc1c[n+](-c2ccccc2)ns1. The van der Waals surface area contributed by atoms with Crippen LogP contribution in [0, 0.1) is 0 Å². The molecule has 0 radical (unpaired) electrons. The van der Waals surface area contributed by atoms with Gasteiger partial charge in [0.2, 0.25) is 5.69 Å². The molecule has 14 heavy (non-hydrogen) atoms. The third kappa shape index (κ3) is 1.90. The molecule has 1 aromatic heterocycles. The molecule has 2 rings (SSSR count). The second kappa shape index (κ2) is 4.19. The van der Waals surface area contributed by atoms with Gasteiger partial charge in [-0.15, -0.1) is 0 Å². The molecule has 2 aromatic rings.